The molecule has 2 saturated heterocycles. The van der Waals surface area contributed by atoms with Gasteiger partial charge in [0.25, 0.3) is 0 Å². The number of hydrogen-bond donors (Lipinski definition) is 3. The van der Waals surface area contributed by atoms with Crippen molar-refractivity contribution in [3.8, 4) is 0 Å². The van der Waals surface area contributed by atoms with Crippen LogP contribution in [0.3, 0.4) is 0 Å². The number of fused-ring (bicyclic) bond motifs is 3. The van der Waals surface area contributed by atoms with Crippen LogP contribution in [0.25, 0.3) is 0 Å². The number of carbonyl (C=O) groups is 12. The number of likely N-dealkylation sites (N-methyl/N-ethyl adjacent to an activating group) is 7. The zero-order chi connectivity index (χ0) is 79.7. The van der Waals surface area contributed by atoms with Crippen molar-refractivity contribution in [2.24, 2.45) is 40.4 Å². The van der Waals surface area contributed by atoms with Crippen LogP contribution in [0.5, 0.6) is 0 Å². The molecule has 3 N–H and O–H groups in total. The van der Waals surface area contributed by atoms with E-state index in [0.29, 0.717) is 31.6 Å². The summed E-state index contributed by atoms with van der Waals surface area (Å²) in [7, 11) is 11.3. The second-order valence-corrected chi connectivity index (χ2v) is 34.3. The van der Waals surface area contributed by atoms with Gasteiger partial charge in [0.05, 0.1) is 25.6 Å². The topological polar surface area (TPSA) is 279 Å². The van der Waals surface area contributed by atoms with Gasteiger partial charge in [-0.15, -0.1) is 0 Å². The van der Waals surface area contributed by atoms with Gasteiger partial charge in [-0.3, -0.25) is 57.5 Å². The molecule has 7 rings (SSSR count). The van der Waals surface area contributed by atoms with Crippen LogP contribution in [0.4, 0.5) is 22.0 Å². The van der Waals surface area contributed by atoms with Crippen LogP contribution in [-0.2, 0) is 62.3 Å². The van der Waals surface area contributed by atoms with Gasteiger partial charge in [-0.05, 0) is 125 Å². The summed E-state index contributed by atoms with van der Waals surface area (Å²) in [5.41, 5.74) is -3.01. The summed E-state index contributed by atoms with van der Waals surface area (Å²) in [5.74, 6) is -12.5. The number of rotatable bonds is 12. The molecule has 0 aromatic carbocycles. The molecule has 3 aliphatic heterocycles. The maximum Gasteiger partial charge on any atom is 0.397 e. The standard InChI is InChI=1S/C77H123F5N12O13/c1-17-24-54-65(98)84-64(49-25-21-22-26-49)72(105)88(12)43-62(97)90(14)55-27-20-19-23-34-93(71(55)104)58(37-47-30-28-46(3)29-31-47)69(102)87(11)42-60(95)83-53(33-32-48-35-51(78)63(52(79)36-48)77(80,81)82)67(100)94-41-50(107-18-2)38-56(94)66(99)85-76(44-75(7,8)45-76)73(106)92(16)59(40-74(4,5)6)70(103)91(15)57(68(101)86(9)10)39-61(96)89(54)13/h19-20,46-59,63-64H,17-18,21-45H2,1-16H3,(H,83,95)(H,84,98)(H,85,99)/b20-19-/t46?,47?,48?,50-,51?,52?,53+,54+,55+,56+,57+,58+,59+,63?,64+/m1/s1. The van der Waals surface area contributed by atoms with Crippen molar-refractivity contribution < 1.29 is 84.2 Å². The molecule has 7 aliphatic rings. The third-order valence-electron chi connectivity index (χ3n) is 23.7. The Kier molecular flexibility index (Phi) is 29.9. The first-order valence-corrected chi connectivity index (χ1v) is 38.8. The molecule has 3 heterocycles. The number of ether oxygens (including phenoxy) is 1. The van der Waals surface area contributed by atoms with E-state index in [-0.39, 0.29) is 82.9 Å². The summed E-state index contributed by atoms with van der Waals surface area (Å²) in [6.45, 7) is 13.6. The van der Waals surface area contributed by atoms with E-state index in [1.165, 1.54) is 90.7 Å². The Hall–Kier alpha value is -7.01. The minimum Gasteiger partial charge on any atom is -0.377 e. The van der Waals surface area contributed by atoms with E-state index in [2.05, 4.69) is 22.9 Å². The fourth-order valence-electron chi connectivity index (χ4n) is 17.7. The molecule has 0 aromatic rings. The third kappa shape index (κ3) is 21.7. The van der Waals surface area contributed by atoms with E-state index in [1.54, 1.807) is 13.0 Å². The summed E-state index contributed by atoms with van der Waals surface area (Å²) < 4.78 is 79.1. The van der Waals surface area contributed by atoms with Crippen molar-refractivity contribution in [3.63, 3.8) is 0 Å². The number of nitrogens with zero attached hydrogens (tertiary/aromatic N) is 9. The molecule has 0 aromatic heterocycles. The molecule has 11 atom stereocenters. The predicted molar refractivity (Wildman–Crippen MR) is 390 cm³/mol. The van der Waals surface area contributed by atoms with Crippen LogP contribution in [0, 0.1) is 40.4 Å². The van der Waals surface area contributed by atoms with Crippen LogP contribution in [0.1, 0.15) is 197 Å². The van der Waals surface area contributed by atoms with Gasteiger partial charge in [-0.1, -0.05) is 106 Å². The van der Waals surface area contributed by atoms with Crippen molar-refractivity contribution in [2.75, 3.05) is 89.2 Å². The zero-order valence-electron chi connectivity index (χ0n) is 66.2. The molecule has 1 spiro atoms. The first-order chi connectivity index (χ1) is 49.9. The number of halogens is 5. The molecule has 4 saturated carbocycles. The average molecular weight is 1520 g/mol. The fraction of sp³-hybridized carbons (Fsp3) is 0.818. The third-order valence-corrected chi connectivity index (χ3v) is 23.7. The molecule has 25 nitrogen and oxygen atoms in total. The molecule has 4 aliphatic carbocycles. The first-order valence-electron chi connectivity index (χ1n) is 38.8. The van der Waals surface area contributed by atoms with Gasteiger partial charge >= 0.3 is 6.18 Å². The highest BCUT2D eigenvalue weighted by Gasteiger charge is 2.60. The average Bonchev–Trinajstić information content (AvgIpc) is 0.891. The first kappa shape index (κ1) is 87.2. The molecule has 6 fully saturated rings. The monoisotopic (exact) mass is 1520 g/mol. The Morgan fingerprint density at radius 1 is 0.645 bits per heavy atom. The number of carbonyl (C=O) groups excluding carboxylic acids is 12. The van der Waals surface area contributed by atoms with E-state index in [9.17, 15) is 41.9 Å². The number of amides is 12. The Morgan fingerprint density at radius 2 is 1.26 bits per heavy atom. The van der Waals surface area contributed by atoms with Crippen molar-refractivity contribution in [2.45, 2.75) is 275 Å². The highest BCUT2D eigenvalue weighted by molar-refractivity contribution is 6.01. The Morgan fingerprint density at radius 3 is 1.83 bits per heavy atom. The highest BCUT2D eigenvalue weighted by Crippen LogP contribution is 2.50. The van der Waals surface area contributed by atoms with E-state index < -0.39 is 211 Å². The molecule has 2 unspecified atom stereocenters. The number of nitrogens with one attached hydrogen (secondary N) is 3. The molecule has 2 bridgehead atoms. The van der Waals surface area contributed by atoms with Gasteiger partial charge in [-0.25, -0.2) is 8.78 Å². The smallest absolute Gasteiger partial charge is 0.377 e. The maximum absolute atomic E-state index is 15.7. The Labute approximate surface area is 629 Å². The summed E-state index contributed by atoms with van der Waals surface area (Å²) in [4.78, 5) is 193. The van der Waals surface area contributed by atoms with Gasteiger partial charge in [-0.2, -0.15) is 13.2 Å². The lowest BCUT2D eigenvalue weighted by Crippen LogP contribution is -2.71. The van der Waals surface area contributed by atoms with Crippen LogP contribution in [0.15, 0.2) is 12.2 Å². The molecular formula is C77H123F5N12O13. The van der Waals surface area contributed by atoms with Gasteiger partial charge in [0.2, 0.25) is 70.9 Å². The lowest BCUT2D eigenvalue weighted by Gasteiger charge is -2.54. The van der Waals surface area contributed by atoms with Crippen molar-refractivity contribution >= 4 is 70.9 Å². The van der Waals surface area contributed by atoms with E-state index >= 15 is 37.5 Å². The lowest BCUT2D eigenvalue weighted by molar-refractivity contribution is -0.219. The van der Waals surface area contributed by atoms with Crippen LogP contribution < -0.4 is 16.0 Å². The molecule has 12 amide bonds. The molecule has 107 heavy (non-hydrogen) atoms. The largest absolute Gasteiger partial charge is 0.397 e. The van der Waals surface area contributed by atoms with Gasteiger partial charge in [0, 0.05) is 82.5 Å². The molecule has 604 valence electrons. The molecule has 0 radical (unpaired) electrons. The van der Waals surface area contributed by atoms with Crippen molar-refractivity contribution in [3.05, 3.63) is 12.2 Å². The van der Waals surface area contributed by atoms with Crippen LogP contribution in [0.2, 0.25) is 0 Å². The normalized spacial score (nSPS) is 32.3. The lowest BCUT2D eigenvalue weighted by atomic mass is 9.58. The second kappa shape index (κ2) is 36.7. The zero-order valence-corrected chi connectivity index (χ0v) is 66.2. The molecular weight excluding hydrogens is 1400 g/mol. The summed E-state index contributed by atoms with van der Waals surface area (Å²) >= 11 is 0. The quantitative estimate of drug-likeness (QED) is 0.138. The van der Waals surface area contributed by atoms with E-state index in [4.69, 9.17) is 4.74 Å². The van der Waals surface area contributed by atoms with Crippen molar-refractivity contribution in [1.29, 1.82) is 0 Å². The second-order valence-electron chi connectivity index (χ2n) is 34.3. The minimum atomic E-state index is -5.18. The van der Waals surface area contributed by atoms with Gasteiger partial charge in [0.1, 0.15) is 72.1 Å². The van der Waals surface area contributed by atoms with Gasteiger partial charge in [0.15, 0.2) is 0 Å². The summed E-state index contributed by atoms with van der Waals surface area (Å²) in [5, 5.41) is 8.69. The predicted octanol–water partition coefficient (Wildman–Crippen LogP) is 6.59. The van der Waals surface area contributed by atoms with E-state index in [1.807, 2.05) is 47.6 Å². The summed E-state index contributed by atoms with van der Waals surface area (Å²) in [6, 6.07) is -10.7. The number of alkyl halides is 5. The molecule has 30 heteroatoms. The maximum atomic E-state index is 15.7. The fourth-order valence-corrected chi connectivity index (χ4v) is 17.7. The van der Waals surface area contributed by atoms with Crippen LogP contribution >= 0.6 is 0 Å². The highest BCUT2D eigenvalue weighted by atomic mass is 19.4. The van der Waals surface area contributed by atoms with Crippen LogP contribution in [-0.4, -0.2) is 283 Å². The Bertz CT molecular complexity index is 3210. The summed E-state index contributed by atoms with van der Waals surface area (Å²) in [6.07, 6.45) is -3.61. The van der Waals surface area contributed by atoms with Gasteiger partial charge < -0.3 is 64.8 Å². The van der Waals surface area contributed by atoms with Crippen molar-refractivity contribution in [1.82, 2.24) is 60.0 Å². The SMILES string of the molecule is CCC[C@H]1C(=O)N[C@@H](C2CCCC2)C(=O)N(C)CC(=O)N(C)[C@H]2C/C=C\CCN(C2=O)[C@@H](CC2CCC(C)CC2)C(=O)N(C)CC(=O)N[C@@H](CCC2CC(F)C(C(F)(F)F)C(F)C2)C(=O)N2C[C@H](OCC)C[C@H]2C(=O)NC2(CC(C)(C)C2)C(=O)N(C)[C@@H](CC(C)(C)C)C(=O)N(C)[C@H](C(=O)N(C)C)CC(=O)N1C. The van der Waals surface area contributed by atoms with E-state index in [0.717, 1.165) is 48.3 Å². The number of hydrogen-bond acceptors (Lipinski definition) is 13. The Balaban J connectivity index is 1.33. The minimum absolute atomic E-state index is 0.00134.